The molecule has 0 saturated carbocycles. The third kappa shape index (κ3) is 6.27. The van der Waals surface area contributed by atoms with Crippen LogP contribution in [0.1, 0.15) is 78.7 Å². The first-order chi connectivity index (χ1) is 22.8. The van der Waals surface area contributed by atoms with Gasteiger partial charge in [-0.1, -0.05) is 107 Å². The molecule has 0 amide bonds. The van der Waals surface area contributed by atoms with E-state index in [0.29, 0.717) is 5.92 Å². The molecule has 3 aromatic heterocycles. The van der Waals surface area contributed by atoms with Gasteiger partial charge in [0.25, 0.3) is 0 Å². The molecule has 0 aliphatic heterocycles. The van der Waals surface area contributed by atoms with Crippen molar-refractivity contribution in [2.24, 2.45) is 11.8 Å². The van der Waals surface area contributed by atoms with E-state index in [1.54, 1.807) is 0 Å². The van der Waals surface area contributed by atoms with Gasteiger partial charge in [0.2, 0.25) is 0 Å². The molecule has 3 heterocycles. The van der Waals surface area contributed by atoms with Gasteiger partial charge in [-0.15, -0.1) is 29.1 Å². The maximum Gasteiger partial charge on any atom is 0.162 e. The number of nitrogens with zero attached hydrogens (tertiary/aromatic N) is 2. The van der Waals surface area contributed by atoms with Crippen molar-refractivity contribution in [2.45, 2.75) is 73.1 Å². The molecule has 0 spiro atoms. The van der Waals surface area contributed by atoms with Gasteiger partial charge in [0.05, 0.1) is 16.8 Å². The molecule has 1 radical (unpaired) electrons. The molecule has 48 heavy (non-hydrogen) atoms. The number of fused-ring (bicyclic) bond motifs is 7. The second-order valence-corrected chi connectivity index (χ2v) is 12.9. The van der Waals surface area contributed by atoms with Crippen LogP contribution in [0, 0.1) is 17.9 Å². The summed E-state index contributed by atoms with van der Waals surface area (Å²) in [5.41, 5.74) is 7.07. The molecule has 0 saturated heterocycles. The van der Waals surface area contributed by atoms with Crippen molar-refractivity contribution in [3.8, 4) is 11.3 Å². The van der Waals surface area contributed by atoms with Crippen molar-refractivity contribution in [3.05, 3.63) is 109 Å². The van der Waals surface area contributed by atoms with Crippen molar-refractivity contribution in [2.75, 3.05) is 0 Å². The molecule has 7 aromatic rings. The van der Waals surface area contributed by atoms with E-state index in [4.69, 9.17) is 4.98 Å². The number of pyridine rings is 1. The van der Waals surface area contributed by atoms with Crippen LogP contribution in [0.25, 0.3) is 60.1 Å². The molecule has 249 valence electrons. The predicted molar refractivity (Wildman–Crippen MR) is 199 cm³/mol. The van der Waals surface area contributed by atoms with Gasteiger partial charge in [-0.05, 0) is 43.7 Å². The largest absolute Gasteiger partial charge is 0.512 e. The second-order valence-electron chi connectivity index (χ2n) is 12.9. The number of para-hydroxylation sites is 2. The Hall–Kier alpha value is -4.05. The van der Waals surface area contributed by atoms with Crippen LogP contribution in [-0.4, -0.2) is 20.3 Å². The Kier molecular flexibility index (Phi) is 11.0. The fourth-order valence-corrected chi connectivity index (χ4v) is 7.21. The van der Waals surface area contributed by atoms with Gasteiger partial charge in [0, 0.05) is 77.0 Å². The van der Waals surface area contributed by atoms with E-state index in [1.807, 2.05) is 33.9 Å². The summed E-state index contributed by atoms with van der Waals surface area (Å²) < 4.78 is 2.41. The number of aliphatic hydroxyl groups is 1. The zero-order valence-electron chi connectivity index (χ0n) is 28.8. The monoisotopic (exact) mass is 814 g/mol. The average molecular weight is 814 g/mol. The normalized spacial score (nSPS) is 12.1. The number of benzene rings is 4. The SMILES string of the molecule is CC(C)c1cc(-c2nccc3c4cccc5c6ccccc6n(c23)c54)[c-]c2ccccc12.CCC(CC)C(=O)/C=C(\O)C(CC)CC.[Ir]. The van der Waals surface area contributed by atoms with Crippen LogP contribution in [0.15, 0.2) is 96.9 Å². The summed E-state index contributed by atoms with van der Waals surface area (Å²) in [4.78, 5) is 16.6. The van der Waals surface area contributed by atoms with Crippen molar-refractivity contribution in [3.63, 3.8) is 0 Å². The Balaban J connectivity index is 0.000000243. The number of aromatic nitrogens is 2. The number of rotatable bonds is 9. The van der Waals surface area contributed by atoms with Crippen LogP contribution in [0.2, 0.25) is 0 Å². The Morgan fingerprint density at radius 2 is 1.35 bits per heavy atom. The molecule has 0 unspecified atom stereocenters. The summed E-state index contributed by atoms with van der Waals surface area (Å²) in [6.45, 7) is 12.6. The third-order valence-electron chi connectivity index (χ3n) is 9.90. The van der Waals surface area contributed by atoms with Crippen molar-refractivity contribution in [1.29, 1.82) is 0 Å². The molecule has 0 aliphatic carbocycles. The van der Waals surface area contributed by atoms with Crippen LogP contribution in [0.5, 0.6) is 0 Å². The van der Waals surface area contributed by atoms with Gasteiger partial charge < -0.3 is 9.51 Å². The molecular weight excluding hydrogens is 769 g/mol. The van der Waals surface area contributed by atoms with E-state index in [2.05, 4.69) is 103 Å². The van der Waals surface area contributed by atoms with E-state index in [1.165, 1.54) is 55.1 Å². The first kappa shape index (κ1) is 35.3. The van der Waals surface area contributed by atoms with Gasteiger partial charge in [-0.2, -0.15) is 0 Å². The fraction of sp³-hybridized carbons (Fsp3) is 0.302. The maximum atomic E-state index is 11.7. The number of aliphatic hydroxyl groups excluding tert-OH is 1. The van der Waals surface area contributed by atoms with E-state index in [-0.39, 0.29) is 43.5 Å². The molecular formula is C43H45IrN2O2-. The minimum absolute atomic E-state index is 0. The molecule has 0 aliphatic rings. The first-order valence-electron chi connectivity index (χ1n) is 17.2. The molecule has 4 aromatic carbocycles. The molecule has 5 heteroatoms. The molecule has 0 fully saturated rings. The van der Waals surface area contributed by atoms with E-state index in [9.17, 15) is 9.90 Å². The van der Waals surface area contributed by atoms with Crippen LogP contribution in [0.3, 0.4) is 0 Å². The van der Waals surface area contributed by atoms with Gasteiger partial charge in [-0.3, -0.25) is 9.78 Å². The quantitative estimate of drug-likeness (QED) is 0.0897. The summed E-state index contributed by atoms with van der Waals surface area (Å²) in [6, 6.07) is 32.0. The Morgan fingerprint density at radius 3 is 2.02 bits per heavy atom. The Labute approximate surface area is 297 Å². The summed E-state index contributed by atoms with van der Waals surface area (Å²) in [6.07, 6.45) is 6.85. The van der Waals surface area contributed by atoms with E-state index < -0.39 is 0 Å². The standard InChI is InChI=1S/C30H21N2.C13H24O2.Ir/c1-18(2)26-17-20(16-19-8-3-4-9-21(19)26)28-30-25(14-15-31-28)24-12-7-11-23-22-10-5-6-13-27(22)32(30)29(23)24;1-5-10(6-2)12(14)9-13(15)11(7-3)8-4;/h3-15,17-18H,1-2H3;9-11,14H,5-8H2,1-4H3;/q-1;;/b;12-9-;. The number of ketones is 1. The van der Waals surface area contributed by atoms with Gasteiger partial charge in [0.15, 0.2) is 5.78 Å². The number of carbonyl (C=O) groups excluding carboxylic acids is 1. The second kappa shape index (κ2) is 15.0. The summed E-state index contributed by atoms with van der Waals surface area (Å²) >= 11 is 0. The predicted octanol–water partition coefficient (Wildman–Crippen LogP) is 11.8. The van der Waals surface area contributed by atoms with Gasteiger partial charge in [-0.25, -0.2) is 0 Å². The number of hydrogen-bond donors (Lipinski definition) is 1. The fourth-order valence-electron chi connectivity index (χ4n) is 7.21. The zero-order chi connectivity index (χ0) is 33.2. The van der Waals surface area contributed by atoms with E-state index in [0.717, 1.165) is 42.3 Å². The molecule has 4 nitrogen and oxygen atoms in total. The minimum Gasteiger partial charge on any atom is -0.512 e. The Morgan fingerprint density at radius 1 is 0.771 bits per heavy atom. The van der Waals surface area contributed by atoms with Crippen LogP contribution < -0.4 is 0 Å². The van der Waals surface area contributed by atoms with Crippen molar-refractivity contribution in [1.82, 2.24) is 9.38 Å². The first-order valence-corrected chi connectivity index (χ1v) is 17.2. The molecule has 0 bridgehead atoms. The zero-order valence-corrected chi connectivity index (χ0v) is 31.2. The number of allylic oxidation sites excluding steroid dienone is 2. The summed E-state index contributed by atoms with van der Waals surface area (Å²) in [7, 11) is 0. The van der Waals surface area contributed by atoms with E-state index >= 15 is 0 Å². The summed E-state index contributed by atoms with van der Waals surface area (Å²) in [5.74, 6) is 0.965. The van der Waals surface area contributed by atoms with Crippen molar-refractivity contribution >= 4 is 54.7 Å². The third-order valence-corrected chi connectivity index (χ3v) is 9.90. The smallest absolute Gasteiger partial charge is 0.162 e. The minimum atomic E-state index is 0. The van der Waals surface area contributed by atoms with Gasteiger partial charge >= 0.3 is 0 Å². The van der Waals surface area contributed by atoms with Crippen LogP contribution >= 0.6 is 0 Å². The average Bonchev–Trinajstić information content (AvgIpc) is 3.61. The molecule has 7 rings (SSSR count). The summed E-state index contributed by atoms with van der Waals surface area (Å²) in [5, 5.41) is 17.3. The topological polar surface area (TPSA) is 54.6 Å². The molecule has 0 atom stereocenters. The van der Waals surface area contributed by atoms with Crippen LogP contribution in [-0.2, 0) is 24.9 Å². The number of hydrogen-bond acceptors (Lipinski definition) is 3. The number of carbonyl (C=O) groups is 1. The maximum absolute atomic E-state index is 11.7. The van der Waals surface area contributed by atoms with Crippen LogP contribution in [0.4, 0.5) is 0 Å². The Bertz CT molecular complexity index is 2220. The molecule has 1 N–H and O–H groups in total. The van der Waals surface area contributed by atoms with Crippen molar-refractivity contribution < 1.29 is 30.0 Å². The van der Waals surface area contributed by atoms with Gasteiger partial charge in [0.1, 0.15) is 0 Å².